The van der Waals surface area contributed by atoms with Crippen molar-refractivity contribution in [1.29, 1.82) is 0 Å². The van der Waals surface area contributed by atoms with Gasteiger partial charge >= 0.3 is 0 Å². The number of hydrogen-bond acceptors (Lipinski definition) is 6. The molecule has 0 spiro atoms. The second-order valence-electron chi connectivity index (χ2n) is 8.55. The smallest absolute Gasteiger partial charge is 0.266 e. The van der Waals surface area contributed by atoms with Gasteiger partial charge in [0.2, 0.25) is 5.95 Å². The number of rotatable bonds is 4. The molecular formula is C23H22BrCl2N7O. The second-order valence-corrected chi connectivity index (χ2v) is 10.2. The first kappa shape index (κ1) is 23.3. The van der Waals surface area contributed by atoms with E-state index in [1.807, 2.05) is 17.8 Å². The molecule has 0 amide bonds. The molecule has 176 valence electrons. The number of aromatic nitrogens is 5. The van der Waals surface area contributed by atoms with E-state index in [1.165, 1.54) is 10.8 Å². The minimum Gasteiger partial charge on any atom is -0.321 e. The lowest BCUT2D eigenvalue weighted by Gasteiger charge is -2.28. The minimum atomic E-state index is -0.313. The van der Waals surface area contributed by atoms with Crippen molar-refractivity contribution in [3.63, 3.8) is 0 Å². The van der Waals surface area contributed by atoms with Gasteiger partial charge in [-0.3, -0.25) is 14.0 Å². The van der Waals surface area contributed by atoms with Crippen molar-refractivity contribution in [2.24, 2.45) is 0 Å². The Kier molecular flexibility index (Phi) is 6.37. The van der Waals surface area contributed by atoms with Gasteiger partial charge in [-0.25, -0.2) is 9.97 Å². The Bertz CT molecular complexity index is 1420. The zero-order valence-corrected chi connectivity index (χ0v) is 21.7. The molecule has 1 N–H and O–H groups in total. The number of nitrogens with zero attached hydrogens (tertiary/aromatic N) is 6. The number of aryl methyl sites for hydroxylation is 1. The molecule has 3 aromatic heterocycles. The van der Waals surface area contributed by atoms with E-state index in [-0.39, 0.29) is 5.56 Å². The number of fused-ring (bicyclic) bond motifs is 1. The maximum Gasteiger partial charge on any atom is 0.266 e. The highest BCUT2D eigenvalue weighted by Gasteiger charge is 2.20. The normalized spacial score (nSPS) is 15.2. The third-order valence-electron chi connectivity index (χ3n) is 6.03. The van der Waals surface area contributed by atoms with Crippen LogP contribution in [0.25, 0.3) is 16.6 Å². The highest BCUT2D eigenvalue weighted by atomic mass is 79.9. The van der Waals surface area contributed by atoms with E-state index < -0.39 is 0 Å². The molecule has 1 aliphatic rings. The van der Waals surface area contributed by atoms with E-state index in [1.54, 1.807) is 24.5 Å². The van der Waals surface area contributed by atoms with Gasteiger partial charge in [-0.1, -0.05) is 23.2 Å². The Morgan fingerprint density at radius 3 is 2.53 bits per heavy atom. The molecule has 11 heteroatoms. The largest absolute Gasteiger partial charge is 0.321 e. The predicted octanol–water partition coefficient (Wildman–Crippen LogP) is 5.37. The lowest BCUT2D eigenvalue weighted by molar-refractivity contribution is 0.212. The molecule has 0 bridgehead atoms. The second kappa shape index (κ2) is 9.30. The SMILES string of the molecule is Cc1cc(Cl)c(-n2cc(Br)c3nc(Nc4cnn(C5CCN(C)CC5)c4)ncc3c2=O)c(Cl)c1. The lowest BCUT2D eigenvalue weighted by atomic mass is 10.1. The number of piperidine rings is 1. The zero-order valence-electron chi connectivity index (χ0n) is 18.6. The van der Waals surface area contributed by atoms with Gasteiger partial charge in [0.25, 0.3) is 5.56 Å². The van der Waals surface area contributed by atoms with Gasteiger partial charge in [0, 0.05) is 18.6 Å². The van der Waals surface area contributed by atoms with Crippen LogP contribution in [0, 0.1) is 6.92 Å². The molecule has 8 nitrogen and oxygen atoms in total. The fourth-order valence-electron chi connectivity index (χ4n) is 4.22. The van der Waals surface area contributed by atoms with Crippen LogP contribution in [0.4, 0.5) is 11.6 Å². The number of pyridine rings is 1. The van der Waals surface area contributed by atoms with E-state index in [2.05, 4.69) is 48.3 Å². The summed E-state index contributed by atoms with van der Waals surface area (Å²) in [5.41, 5.74) is 2.30. The predicted molar refractivity (Wildman–Crippen MR) is 139 cm³/mol. The quantitative estimate of drug-likeness (QED) is 0.360. The van der Waals surface area contributed by atoms with E-state index in [4.69, 9.17) is 23.2 Å². The first-order valence-electron chi connectivity index (χ1n) is 10.8. The van der Waals surface area contributed by atoms with Crippen LogP contribution in [0.5, 0.6) is 0 Å². The zero-order chi connectivity index (χ0) is 24.0. The van der Waals surface area contributed by atoms with Gasteiger partial charge in [-0.05, 0) is 73.5 Å². The molecule has 0 radical (unpaired) electrons. The van der Waals surface area contributed by atoms with Crippen LogP contribution in [0.3, 0.4) is 0 Å². The molecule has 0 atom stereocenters. The van der Waals surface area contributed by atoms with Gasteiger partial charge in [-0.15, -0.1) is 0 Å². The fourth-order valence-corrected chi connectivity index (χ4v) is 5.51. The number of benzene rings is 1. The van der Waals surface area contributed by atoms with Crippen LogP contribution in [0.2, 0.25) is 10.0 Å². The third kappa shape index (κ3) is 4.45. The standard InChI is InChI=1S/C23H22BrCl2N7O/c1-13-7-18(25)21(19(26)8-13)32-12-17(24)20-16(22(32)34)10-27-23(30-20)29-14-9-28-33(11-14)15-3-5-31(2)6-4-15/h7-12,15H,3-6H2,1-2H3,(H,27,29,30). The van der Waals surface area contributed by atoms with Crippen LogP contribution in [-0.4, -0.2) is 49.4 Å². The summed E-state index contributed by atoms with van der Waals surface area (Å²) >= 11 is 16.4. The lowest BCUT2D eigenvalue weighted by Crippen LogP contribution is -2.31. The molecule has 5 rings (SSSR count). The van der Waals surface area contributed by atoms with Gasteiger partial charge in [0.05, 0.1) is 49.0 Å². The van der Waals surface area contributed by atoms with Crippen LogP contribution in [0.15, 0.2) is 46.2 Å². The van der Waals surface area contributed by atoms with Crippen molar-refractivity contribution in [2.75, 3.05) is 25.5 Å². The molecular weight excluding hydrogens is 541 g/mol. The topological polar surface area (TPSA) is 80.9 Å². The summed E-state index contributed by atoms with van der Waals surface area (Å²) < 4.78 is 4.03. The summed E-state index contributed by atoms with van der Waals surface area (Å²) in [7, 11) is 2.14. The maximum atomic E-state index is 13.2. The number of nitrogens with one attached hydrogen (secondary N) is 1. The molecule has 1 aliphatic heterocycles. The van der Waals surface area contributed by atoms with E-state index in [9.17, 15) is 4.79 Å². The molecule has 4 aromatic rings. The van der Waals surface area contributed by atoms with Crippen molar-refractivity contribution >= 4 is 61.7 Å². The molecule has 1 aromatic carbocycles. The first-order chi connectivity index (χ1) is 16.3. The Morgan fingerprint density at radius 1 is 1.12 bits per heavy atom. The Morgan fingerprint density at radius 2 is 1.82 bits per heavy atom. The summed E-state index contributed by atoms with van der Waals surface area (Å²) in [5, 5.41) is 8.83. The average molecular weight is 563 g/mol. The van der Waals surface area contributed by atoms with Crippen molar-refractivity contribution in [3.05, 3.63) is 67.4 Å². The molecule has 34 heavy (non-hydrogen) atoms. The van der Waals surface area contributed by atoms with Crippen molar-refractivity contribution in [2.45, 2.75) is 25.8 Å². The minimum absolute atomic E-state index is 0.313. The molecule has 1 saturated heterocycles. The molecule has 4 heterocycles. The van der Waals surface area contributed by atoms with Crippen molar-refractivity contribution in [1.82, 2.24) is 29.2 Å². The summed E-state index contributed by atoms with van der Waals surface area (Å²) in [5.74, 6) is 0.375. The molecule has 1 fully saturated rings. The maximum absolute atomic E-state index is 13.2. The Labute approximate surface area is 214 Å². The van der Waals surface area contributed by atoms with Crippen LogP contribution < -0.4 is 10.9 Å². The van der Waals surface area contributed by atoms with Gasteiger partial charge in [0.15, 0.2) is 0 Å². The monoisotopic (exact) mass is 561 g/mol. The Balaban J connectivity index is 1.46. The third-order valence-corrected chi connectivity index (χ3v) is 7.19. The van der Waals surface area contributed by atoms with E-state index in [0.717, 1.165) is 37.2 Å². The van der Waals surface area contributed by atoms with E-state index in [0.29, 0.717) is 43.1 Å². The summed E-state index contributed by atoms with van der Waals surface area (Å²) in [6.45, 7) is 4.01. The highest BCUT2D eigenvalue weighted by molar-refractivity contribution is 9.10. The summed E-state index contributed by atoms with van der Waals surface area (Å²) in [6.07, 6.45) is 9.00. The van der Waals surface area contributed by atoms with E-state index >= 15 is 0 Å². The van der Waals surface area contributed by atoms with Gasteiger partial charge in [-0.2, -0.15) is 5.10 Å². The Hall–Kier alpha value is -2.46. The average Bonchev–Trinajstić information content (AvgIpc) is 3.25. The number of likely N-dealkylation sites (tertiary alicyclic amines) is 1. The number of halogens is 3. The van der Waals surface area contributed by atoms with Crippen LogP contribution >= 0.6 is 39.1 Å². The van der Waals surface area contributed by atoms with Crippen LogP contribution in [0.1, 0.15) is 24.4 Å². The fraction of sp³-hybridized carbons (Fsp3) is 0.304. The summed E-state index contributed by atoms with van der Waals surface area (Å²) in [4.78, 5) is 24.5. The number of hydrogen-bond donors (Lipinski definition) is 1. The van der Waals surface area contributed by atoms with Gasteiger partial charge in [0.1, 0.15) is 0 Å². The first-order valence-corrected chi connectivity index (χ1v) is 12.4. The van der Waals surface area contributed by atoms with Crippen molar-refractivity contribution < 1.29 is 0 Å². The highest BCUT2D eigenvalue weighted by Crippen LogP contribution is 2.31. The van der Waals surface area contributed by atoms with Crippen molar-refractivity contribution in [3.8, 4) is 5.69 Å². The molecule has 0 unspecified atom stereocenters. The molecule has 0 saturated carbocycles. The summed E-state index contributed by atoms with van der Waals surface area (Å²) in [6, 6.07) is 3.92. The number of anilines is 2. The van der Waals surface area contributed by atoms with Crippen LogP contribution in [-0.2, 0) is 0 Å². The van der Waals surface area contributed by atoms with Gasteiger partial charge < -0.3 is 10.2 Å². The molecule has 0 aliphatic carbocycles.